The average molecular weight is 344 g/mol. The third-order valence-corrected chi connectivity index (χ3v) is 6.06. The van der Waals surface area contributed by atoms with Crippen molar-refractivity contribution in [1.29, 1.82) is 0 Å². The molecule has 1 saturated carbocycles. The van der Waals surface area contributed by atoms with Crippen molar-refractivity contribution in [2.24, 2.45) is 0 Å². The van der Waals surface area contributed by atoms with Crippen molar-refractivity contribution in [3.63, 3.8) is 0 Å². The number of benzene rings is 1. The summed E-state index contributed by atoms with van der Waals surface area (Å²) >= 11 is 1.95. The lowest BCUT2D eigenvalue weighted by atomic mass is 10.3. The molecule has 2 fully saturated rings. The topological polar surface area (TPSA) is 50.2 Å². The molecule has 0 bridgehead atoms. The van der Waals surface area contributed by atoms with E-state index in [1.54, 1.807) is 0 Å². The van der Waals surface area contributed by atoms with Crippen LogP contribution in [0.2, 0.25) is 0 Å². The molecule has 5 nitrogen and oxygen atoms in total. The van der Waals surface area contributed by atoms with Crippen LogP contribution in [-0.4, -0.2) is 44.6 Å². The van der Waals surface area contributed by atoms with Gasteiger partial charge in [0.15, 0.2) is 0 Å². The average Bonchev–Trinajstić information content (AvgIpc) is 3.38. The summed E-state index contributed by atoms with van der Waals surface area (Å²) in [5.74, 6) is 2.00. The Hall–Kier alpha value is -1.69. The first-order valence-electron chi connectivity index (χ1n) is 8.82. The van der Waals surface area contributed by atoms with E-state index in [4.69, 9.17) is 4.98 Å². The molecule has 1 aromatic carbocycles. The largest absolute Gasteiger partial charge is 0.331 e. The number of rotatable bonds is 3. The Balaban J connectivity index is 1.46. The molecule has 0 spiro atoms. The number of urea groups is 1. The summed E-state index contributed by atoms with van der Waals surface area (Å²) in [5, 5.41) is 3.73. The smallest absolute Gasteiger partial charge is 0.317 e. The Labute approximate surface area is 146 Å². The number of nitrogens with zero attached hydrogens (tertiary/aromatic N) is 3. The van der Waals surface area contributed by atoms with Crippen molar-refractivity contribution >= 4 is 28.8 Å². The number of aromatic nitrogens is 2. The maximum Gasteiger partial charge on any atom is 0.317 e. The fourth-order valence-electron chi connectivity index (χ4n) is 3.33. The van der Waals surface area contributed by atoms with Crippen molar-refractivity contribution in [2.45, 2.75) is 44.0 Å². The minimum absolute atomic E-state index is 0.0408. The van der Waals surface area contributed by atoms with Gasteiger partial charge >= 0.3 is 6.03 Å². The molecule has 1 N–H and O–H groups in total. The summed E-state index contributed by atoms with van der Waals surface area (Å²) in [7, 11) is 0. The molecule has 2 aliphatic rings. The number of fused-ring (bicyclic) bond motifs is 1. The summed E-state index contributed by atoms with van der Waals surface area (Å²) in [6.07, 6.45) is 3.49. The Kier molecular flexibility index (Phi) is 4.39. The van der Waals surface area contributed by atoms with Gasteiger partial charge in [0, 0.05) is 30.1 Å². The summed E-state index contributed by atoms with van der Waals surface area (Å²) in [6.45, 7) is 4.42. The number of hydrogen-bond acceptors (Lipinski definition) is 3. The number of hydrogen-bond donors (Lipinski definition) is 1. The minimum atomic E-state index is 0.0408. The van der Waals surface area contributed by atoms with Gasteiger partial charge in [-0.25, -0.2) is 9.78 Å². The summed E-state index contributed by atoms with van der Waals surface area (Å²) in [6, 6.07) is 8.84. The standard InChI is InChI=1S/C18H24N4OS/c1-13-8-9-21(10-11-24-13)18(23)19-12-17-20-15-4-2-3-5-16(15)22(17)14-6-7-14/h2-5,13-14H,6-12H2,1H3,(H,19,23). The quantitative estimate of drug-likeness (QED) is 0.928. The van der Waals surface area contributed by atoms with Gasteiger partial charge in [0.2, 0.25) is 0 Å². The van der Waals surface area contributed by atoms with Crippen molar-refractivity contribution in [3.05, 3.63) is 30.1 Å². The van der Waals surface area contributed by atoms with Gasteiger partial charge in [0.25, 0.3) is 0 Å². The molecule has 1 unspecified atom stereocenters. The monoisotopic (exact) mass is 344 g/mol. The van der Waals surface area contributed by atoms with E-state index in [1.165, 1.54) is 18.4 Å². The highest BCUT2D eigenvalue weighted by atomic mass is 32.2. The molecule has 2 heterocycles. The highest BCUT2D eigenvalue weighted by molar-refractivity contribution is 7.99. The van der Waals surface area contributed by atoms with Crippen LogP contribution in [0.3, 0.4) is 0 Å². The fourth-order valence-corrected chi connectivity index (χ4v) is 4.33. The van der Waals surface area contributed by atoms with Gasteiger partial charge in [0.05, 0.1) is 17.6 Å². The van der Waals surface area contributed by atoms with Crippen molar-refractivity contribution in [1.82, 2.24) is 19.8 Å². The van der Waals surface area contributed by atoms with Crippen LogP contribution >= 0.6 is 11.8 Å². The van der Waals surface area contributed by atoms with Crippen LogP contribution in [0.5, 0.6) is 0 Å². The molecule has 4 rings (SSSR count). The van der Waals surface area contributed by atoms with Gasteiger partial charge in [-0.2, -0.15) is 11.8 Å². The number of nitrogens with one attached hydrogen (secondary N) is 1. The van der Waals surface area contributed by atoms with Crippen LogP contribution < -0.4 is 5.32 Å². The zero-order valence-electron chi connectivity index (χ0n) is 14.1. The number of carbonyl (C=O) groups excluding carboxylic acids is 1. The zero-order chi connectivity index (χ0) is 16.5. The van der Waals surface area contributed by atoms with E-state index in [9.17, 15) is 4.79 Å². The Morgan fingerprint density at radius 1 is 1.29 bits per heavy atom. The molecule has 2 aromatic rings. The second-order valence-corrected chi connectivity index (χ2v) is 8.28. The van der Waals surface area contributed by atoms with E-state index >= 15 is 0 Å². The van der Waals surface area contributed by atoms with Gasteiger partial charge < -0.3 is 14.8 Å². The highest BCUT2D eigenvalue weighted by Crippen LogP contribution is 2.38. The first-order valence-corrected chi connectivity index (χ1v) is 9.87. The van der Waals surface area contributed by atoms with Gasteiger partial charge in [-0.15, -0.1) is 0 Å². The fraction of sp³-hybridized carbons (Fsp3) is 0.556. The van der Waals surface area contributed by atoms with Crippen molar-refractivity contribution < 1.29 is 4.79 Å². The lowest BCUT2D eigenvalue weighted by Crippen LogP contribution is -2.41. The van der Waals surface area contributed by atoms with Crippen LogP contribution in [0.4, 0.5) is 4.79 Å². The van der Waals surface area contributed by atoms with Crippen LogP contribution in [0, 0.1) is 0 Å². The number of carbonyl (C=O) groups is 1. The second kappa shape index (κ2) is 6.67. The van der Waals surface area contributed by atoms with Crippen molar-refractivity contribution in [3.8, 4) is 0 Å². The number of amides is 2. The van der Waals surface area contributed by atoms with E-state index in [0.29, 0.717) is 17.8 Å². The van der Waals surface area contributed by atoms with Crippen LogP contribution in [-0.2, 0) is 6.54 Å². The predicted molar refractivity (Wildman–Crippen MR) is 98.3 cm³/mol. The molecular weight excluding hydrogens is 320 g/mol. The van der Waals surface area contributed by atoms with E-state index in [2.05, 4.69) is 28.9 Å². The zero-order valence-corrected chi connectivity index (χ0v) is 14.9. The Morgan fingerprint density at radius 3 is 2.96 bits per heavy atom. The maximum atomic E-state index is 12.5. The molecule has 1 aromatic heterocycles. The molecule has 1 atom stereocenters. The molecule has 0 radical (unpaired) electrons. The molecule has 2 amide bonds. The molecule has 24 heavy (non-hydrogen) atoms. The number of imidazole rings is 1. The first-order chi connectivity index (χ1) is 11.7. The van der Waals surface area contributed by atoms with Crippen molar-refractivity contribution in [2.75, 3.05) is 18.8 Å². The van der Waals surface area contributed by atoms with E-state index < -0.39 is 0 Å². The lowest BCUT2D eigenvalue weighted by molar-refractivity contribution is 0.200. The van der Waals surface area contributed by atoms with Gasteiger partial charge in [-0.05, 0) is 31.4 Å². The molecule has 128 valence electrons. The maximum absolute atomic E-state index is 12.5. The lowest BCUT2D eigenvalue weighted by Gasteiger charge is -2.20. The minimum Gasteiger partial charge on any atom is -0.331 e. The van der Waals surface area contributed by atoms with E-state index in [1.807, 2.05) is 28.8 Å². The summed E-state index contributed by atoms with van der Waals surface area (Å²) in [5.41, 5.74) is 2.21. The normalized spacial score (nSPS) is 21.7. The summed E-state index contributed by atoms with van der Waals surface area (Å²) < 4.78 is 2.32. The Bertz CT molecular complexity index is 740. The second-order valence-electron chi connectivity index (χ2n) is 6.73. The first kappa shape index (κ1) is 15.8. The molecule has 6 heteroatoms. The number of thioether (sulfide) groups is 1. The van der Waals surface area contributed by atoms with E-state index in [-0.39, 0.29) is 6.03 Å². The number of para-hydroxylation sites is 2. The van der Waals surface area contributed by atoms with E-state index in [0.717, 1.165) is 36.6 Å². The van der Waals surface area contributed by atoms with Gasteiger partial charge in [-0.1, -0.05) is 19.1 Å². The molecular formula is C18H24N4OS. The molecule has 1 aliphatic carbocycles. The summed E-state index contributed by atoms with van der Waals surface area (Å²) in [4.78, 5) is 19.2. The van der Waals surface area contributed by atoms with Crippen LogP contribution in [0.1, 0.15) is 38.1 Å². The molecule has 1 saturated heterocycles. The highest BCUT2D eigenvalue weighted by Gasteiger charge is 2.28. The van der Waals surface area contributed by atoms with Crippen LogP contribution in [0.25, 0.3) is 11.0 Å². The molecule has 1 aliphatic heterocycles. The van der Waals surface area contributed by atoms with Crippen LogP contribution in [0.15, 0.2) is 24.3 Å². The third-order valence-electron chi connectivity index (χ3n) is 4.83. The van der Waals surface area contributed by atoms with Gasteiger partial charge in [-0.3, -0.25) is 0 Å². The SMILES string of the molecule is CC1CCN(C(=O)NCc2nc3ccccc3n2C2CC2)CCS1. The van der Waals surface area contributed by atoms with Gasteiger partial charge in [0.1, 0.15) is 5.82 Å². The Morgan fingerprint density at radius 2 is 2.12 bits per heavy atom. The third kappa shape index (κ3) is 3.24. The predicted octanol–water partition coefficient (Wildman–Crippen LogP) is 3.41.